The largest absolute Gasteiger partial charge is 0.507 e. The lowest BCUT2D eigenvalue weighted by Gasteiger charge is -2.13. The normalized spacial score (nSPS) is 12.5. The molecule has 5 heteroatoms. The van der Waals surface area contributed by atoms with Crippen LogP contribution in [0.5, 0.6) is 5.75 Å². The molecular formula is C10H10BrFO3. The fraction of sp³-hybridized carbons (Fsp3) is 0.300. The molecule has 82 valence electrons. The lowest BCUT2D eigenvalue weighted by atomic mass is 9.97. The number of phenolic OH excluding ortho intramolecular Hbond substituents is 1. The number of hydrogen-bond donors (Lipinski definition) is 2. The van der Waals surface area contributed by atoms with Crippen molar-refractivity contribution in [3.05, 3.63) is 28.0 Å². The van der Waals surface area contributed by atoms with Crippen molar-refractivity contribution in [2.75, 3.05) is 0 Å². The molecule has 0 bridgehead atoms. The zero-order chi connectivity index (χ0) is 11.6. The summed E-state index contributed by atoms with van der Waals surface area (Å²) in [4.78, 5) is 10.5. The first-order valence-electron chi connectivity index (χ1n) is 4.32. The smallest absolute Gasteiger partial charge is 0.303 e. The van der Waals surface area contributed by atoms with Crippen molar-refractivity contribution in [2.45, 2.75) is 19.3 Å². The van der Waals surface area contributed by atoms with Gasteiger partial charge in [0, 0.05) is 5.56 Å². The minimum absolute atomic E-state index is 0.0939. The number of aliphatic carboxylic acids is 1. The van der Waals surface area contributed by atoms with E-state index in [9.17, 15) is 14.3 Å². The van der Waals surface area contributed by atoms with Crippen LogP contribution in [0.2, 0.25) is 0 Å². The SMILES string of the molecule is CC(CC(=O)O)c1c(F)ccc(O)c1Br. The Bertz CT molecular complexity index is 392. The predicted octanol–water partition coefficient (Wildman–Crippen LogP) is 2.87. The Kier molecular flexibility index (Phi) is 3.68. The molecule has 15 heavy (non-hydrogen) atoms. The van der Waals surface area contributed by atoms with E-state index in [1.807, 2.05) is 0 Å². The number of rotatable bonds is 3. The molecule has 0 spiro atoms. The van der Waals surface area contributed by atoms with E-state index < -0.39 is 17.7 Å². The fourth-order valence-electron chi connectivity index (χ4n) is 1.37. The summed E-state index contributed by atoms with van der Waals surface area (Å²) in [5, 5.41) is 17.9. The molecule has 0 aliphatic carbocycles. The third kappa shape index (κ3) is 2.68. The van der Waals surface area contributed by atoms with Gasteiger partial charge in [0.2, 0.25) is 0 Å². The van der Waals surface area contributed by atoms with Crippen LogP contribution in [0.25, 0.3) is 0 Å². The number of halogens is 2. The summed E-state index contributed by atoms with van der Waals surface area (Å²) in [6.45, 7) is 1.59. The molecule has 1 atom stereocenters. The predicted molar refractivity (Wildman–Crippen MR) is 56.4 cm³/mol. The summed E-state index contributed by atoms with van der Waals surface area (Å²) in [7, 11) is 0. The molecule has 1 aromatic carbocycles. The van der Waals surface area contributed by atoms with Gasteiger partial charge in [-0.1, -0.05) is 6.92 Å². The number of hydrogen-bond acceptors (Lipinski definition) is 2. The van der Waals surface area contributed by atoms with Crippen LogP contribution in [0.3, 0.4) is 0 Å². The highest BCUT2D eigenvalue weighted by Gasteiger charge is 2.19. The average Bonchev–Trinajstić information content (AvgIpc) is 2.11. The average molecular weight is 277 g/mol. The Hall–Kier alpha value is -1.10. The molecular weight excluding hydrogens is 267 g/mol. The van der Waals surface area contributed by atoms with E-state index in [-0.39, 0.29) is 22.2 Å². The molecule has 0 fully saturated rings. The molecule has 0 aliphatic heterocycles. The highest BCUT2D eigenvalue weighted by molar-refractivity contribution is 9.10. The van der Waals surface area contributed by atoms with Crippen molar-refractivity contribution in [3.63, 3.8) is 0 Å². The van der Waals surface area contributed by atoms with Crippen LogP contribution >= 0.6 is 15.9 Å². The van der Waals surface area contributed by atoms with Crippen LogP contribution in [0.4, 0.5) is 4.39 Å². The van der Waals surface area contributed by atoms with Crippen LogP contribution in [-0.2, 0) is 4.79 Å². The molecule has 0 radical (unpaired) electrons. The van der Waals surface area contributed by atoms with Crippen LogP contribution in [-0.4, -0.2) is 16.2 Å². The van der Waals surface area contributed by atoms with Crippen LogP contribution < -0.4 is 0 Å². The van der Waals surface area contributed by atoms with E-state index >= 15 is 0 Å². The second-order valence-electron chi connectivity index (χ2n) is 3.29. The molecule has 3 nitrogen and oxygen atoms in total. The molecule has 1 unspecified atom stereocenters. The molecule has 2 N–H and O–H groups in total. The standard InChI is InChI=1S/C10H10BrFO3/c1-5(4-8(14)15)9-6(12)2-3-7(13)10(9)11/h2-3,5,13H,4H2,1H3,(H,14,15). The maximum Gasteiger partial charge on any atom is 0.303 e. The Balaban J connectivity index is 3.12. The zero-order valence-corrected chi connectivity index (χ0v) is 9.58. The Labute approximate surface area is 94.7 Å². The van der Waals surface area contributed by atoms with E-state index in [4.69, 9.17) is 5.11 Å². The molecule has 0 saturated heterocycles. The Morgan fingerprint density at radius 2 is 2.20 bits per heavy atom. The van der Waals surface area contributed by atoms with Gasteiger partial charge in [-0.05, 0) is 34.0 Å². The summed E-state index contributed by atoms with van der Waals surface area (Å²) in [5.74, 6) is -2.11. The summed E-state index contributed by atoms with van der Waals surface area (Å²) in [6, 6.07) is 2.34. The van der Waals surface area contributed by atoms with Gasteiger partial charge in [0.25, 0.3) is 0 Å². The van der Waals surface area contributed by atoms with Gasteiger partial charge in [0.1, 0.15) is 11.6 Å². The van der Waals surface area contributed by atoms with Gasteiger partial charge in [-0.25, -0.2) is 4.39 Å². The minimum atomic E-state index is -1.00. The van der Waals surface area contributed by atoms with E-state index in [0.29, 0.717) is 0 Å². The van der Waals surface area contributed by atoms with Crippen molar-refractivity contribution in [3.8, 4) is 5.75 Å². The number of aromatic hydroxyl groups is 1. The summed E-state index contributed by atoms with van der Waals surface area (Å²) < 4.78 is 13.6. The van der Waals surface area contributed by atoms with Crippen molar-refractivity contribution >= 4 is 21.9 Å². The van der Waals surface area contributed by atoms with Crippen LogP contribution in [0, 0.1) is 5.82 Å². The van der Waals surface area contributed by atoms with Gasteiger partial charge in [-0.2, -0.15) is 0 Å². The number of carboxylic acid groups (broad SMARTS) is 1. The topological polar surface area (TPSA) is 57.5 Å². The van der Waals surface area contributed by atoms with Crippen molar-refractivity contribution in [1.29, 1.82) is 0 Å². The van der Waals surface area contributed by atoms with Crippen molar-refractivity contribution in [2.24, 2.45) is 0 Å². The summed E-state index contributed by atoms with van der Waals surface area (Å²) in [6.07, 6.45) is -0.182. The van der Waals surface area contributed by atoms with E-state index in [1.165, 1.54) is 6.07 Å². The quantitative estimate of drug-likeness (QED) is 0.893. The number of carboxylic acids is 1. The maximum atomic E-state index is 13.4. The number of phenols is 1. The Morgan fingerprint density at radius 3 is 2.73 bits per heavy atom. The fourth-order valence-corrected chi connectivity index (χ4v) is 2.09. The van der Waals surface area contributed by atoms with Gasteiger partial charge >= 0.3 is 5.97 Å². The number of benzene rings is 1. The first-order valence-corrected chi connectivity index (χ1v) is 5.11. The second kappa shape index (κ2) is 4.61. The van der Waals surface area contributed by atoms with Gasteiger partial charge in [0.05, 0.1) is 10.9 Å². The van der Waals surface area contributed by atoms with Gasteiger partial charge < -0.3 is 10.2 Å². The highest BCUT2D eigenvalue weighted by Crippen LogP contribution is 2.35. The zero-order valence-electron chi connectivity index (χ0n) is 8.00. The summed E-state index contributed by atoms with van der Waals surface area (Å²) in [5.41, 5.74) is 0.192. The molecule has 0 heterocycles. The third-order valence-corrected chi connectivity index (χ3v) is 2.91. The maximum absolute atomic E-state index is 13.4. The second-order valence-corrected chi connectivity index (χ2v) is 4.09. The first kappa shape index (κ1) is 12.0. The lowest BCUT2D eigenvalue weighted by molar-refractivity contribution is -0.137. The molecule has 0 saturated carbocycles. The van der Waals surface area contributed by atoms with E-state index in [1.54, 1.807) is 6.92 Å². The van der Waals surface area contributed by atoms with E-state index in [2.05, 4.69) is 15.9 Å². The van der Waals surface area contributed by atoms with Crippen molar-refractivity contribution in [1.82, 2.24) is 0 Å². The minimum Gasteiger partial charge on any atom is -0.507 e. The third-order valence-electron chi connectivity index (χ3n) is 2.08. The molecule has 0 aromatic heterocycles. The van der Waals surface area contributed by atoms with Gasteiger partial charge in [-0.3, -0.25) is 4.79 Å². The molecule has 0 amide bonds. The Morgan fingerprint density at radius 1 is 1.60 bits per heavy atom. The summed E-state index contributed by atoms with van der Waals surface area (Å²) >= 11 is 3.04. The first-order chi connectivity index (χ1) is 6.93. The number of carbonyl (C=O) groups is 1. The monoisotopic (exact) mass is 276 g/mol. The highest BCUT2D eigenvalue weighted by atomic mass is 79.9. The van der Waals surface area contributed by atoms with Gasteiger partial charge in [-0.15, -0.1) is 0 Å². The van der Waals surface area contributed by atoms with Crippen LogP contribution in [0.15, 0.2) is 16.6 Å². The van der Waals surface area contributed by atoms with E-state index in [0.717, 1.165) is 6.07 Å². The van der Waals surface area contributed by atoms with Crippen molar-refractivity contribution < 1.29 is 19.4 Å². The molecule has 0 aliphatic rings. The lowest BCUT2D eigenvalue weighted by Crippen LogP contribution is -2.05. The van der Waals surface area contributed by atoms with Crippen LogP contribution in [0.1, 0.15) is 24.8 Å². The molecule has 1 rings (SSSR count). The molecule has 1 aromatic rings. The van der Waals surface area contributed by atoms with Gasteiger partial charge in [0.15, 0.2) is 0 Å².